The van der Waals surface area contributed by atoms with Gasteiger partial charge >= 0.3 is 0 Å². The van der Waals surface area contributed by atoms with Crippen LogP contribution in [0.15, 0.2) is 54.9 Å². The Kier molecular flexibility index (Phi) is 5.88. The van der Waals surface area contributed by atoms with Crippen LogP contribution in [0.25, 0.3) is 0 Å². The maximum atomic E-state index is 13.7. The van der Waals surface area contributed by atoms with E-state index in [4.69, 9.17) is 0 Å². The van der Waals surface area contributed by atoms with E-state index in [1.165, 1.54) is 12.4 Å². The predicted molar refractivity (Wildman–Crippen MR) is 98.5 cm³/mol. The highest BCUT2D eigenvalue weighted by atomic mass is 19.2. The minimum atomic E-state index is -1.58. The smallest absolute Gasteiger partial charge is 0.274 e. The van der Waals surface area contributed by atoms with Gasteiger partial charge in [0.05, 0.1) is 18.1 Å². The Balaban J connectivity index is 1.72. The van der Waals surface area contributed by atoms with E-state index in [-0.39, 0.29) is 23.1 Å². The Hall–Kier alpha value is -3.42. The molecule has 3 rings (SSSR count). The molecular weight excluding hydrogens is 369 g/mol. The molecular formula is C20H17F3N4O. The lowest BCUT2D eigenvalue weighted by Crippen LogP contribution is -2.31. The highest BCUT2D eigenvalue weighted by molar-refractivity contribution is 5.92. The second-order valence-corrected chi connectivity index (χ2v) is 5.94. The van der Waals surface area contributed by atoms with Crippen LogP contribution in [-0.4, -0.2) is 27.3 Å². The Morgan fingerprint density at radius 3 is 2.39 bits per heavy atom. The molecule has 0 unspecified atom stereocenters. The number of hydrogen-bond acceptors (Lipinski definition) is 4. The summed E-state index contributed by atoms with van der Waals surface area (Å²) in [5, 5.41) is 2.51. The lowest BCUT2D eigenvalue weighted by Gasteiger charge is -2.20. The molecule has 0 radical (unpaired) electrons. The molecule has 144 valence electrons. The fourth-order valence-corrected chi connectivity index (χ4v) is 2.56. The molecule has 0 fully saturated rings. The highest BCUT2D eigenvalue weighted by Crippen LogP contribution is 2.22. The van der Waals surface area contributed by atoms with Gasteiger partial charge < -0.3 is 10.2 Å². The minimum absolute atomic E-state index is 0.0903. The molecule has 3 aromatic rings. The number of carbonyl (C=O) groups is 1. The van der Waals surface area contributed by atoms with E-state index in [9.17, 15) is 18.0 Å². The average Bonchev–Trinajstić information content (AvgIpc) is 2.73. The third-order valence-corrected chi connectivity index (χ3v) is 4.05. The van der Waals surface area contributed by atoms with Crippen LogP contribution in [0.1, 0.15) is 23.0 Å². The van der Waals surface area contributed by atoms with E-state index in [2.05, 4.69) is 15.3 Å². The number of nitrogens with one attached hydrogen (secondary N) is 1. The van der Waals surface area contributed by atoms with Gasteiger partial charge in [-0.05, 0) is 24.6 Å². The average molecular weight is 386 g/mol. The largest absolute Gasteiger partial charge is 0.336 e. The maximum Gasteiger partial charge on any atom is 0.274 e. The third-order valence-electron chi connectivity index (χ3n) is 4.05. The van der Waals surface area contributed by atoms with Gasteiger partial charge in [0.15, 0.2) is 17.5 Å². The van der Waals surface area contributed by atoms with E-state index >= 15 is 0 Å². The van der Waals surface area contributed by atoms with Crippen molar-refractivity contribution in [3.8, 4) is 0 Å². The first-order valence-electron chi connectivity index (χ1n) is 8.55. The number of hydrogen-bond donors (Lipinski definition) is 1. The third kappa shape index (κ3) is 4.28. The normalized spacial score (nSPS) is 10.6. The van der Waals surface area contributed by atoms with Crippen LogP contribution >= 0.6 is 0 Å². The van der Waals surface area contributed by atoms with Crippen LogP contribution in [-0.2, 0) is 6.54 Å². The molecule has 0 bridgehead atoms. The van der Waals surface area contributed by atoms with E-state index < -0.39 is 17.5 Å². The van der Waals surface area contributed by atoms with Crippen molar-refractivity contribution in [3.63, 3.8) is 0 Å². The first kappa shape index (κ1) is 19.3. The number of carbonyl (C=O) groups excluding carboxylic acids is 1. The summed E-state index contributed by atoms with van der Waals surface area (Å²) in [5.74, 6) is -4.43. The predicted octanol–water partition coefficient (Wildman–Crippen LogP) is 4.30. The number of halogens is 3. The molecule has 0 saturated carbocycles. The fraction of sp³-hybridized carbons (Fsp3) is 0.150. The summed E-state index contributed by atoms with van der Waals surface area (Å²) in [6, 6.07) is 11.4. The quantitative estimate of drug-likeness (QED) is 0.642. The molecule has 1 N–H and O–H groups in total. The first-order valence-corrected chi connectivity index (χ1v) is 8.55. The van der Waals surface area contributed by atoms with Crippen molar-refractivity contribution in [1.82, 2.24) is 14.9 Å². The Bertz CT molecular complexity index is 965. The molecule has 28 heavy (non-hydrogen) atoms. The van der Waals surface area contributed by atoms with Gasteiger partial charge in [0.1, 0.15) is 11.5 Å². The van der Waals surface area contributed by atoms with Gasteiger partial charge in [0.25, 0.3) is 5.91 Å². The number of aromatic nitrogens is 2. The van der Waals surface area contributed by atoms with Crippen LogP contribution in [0.5, 0.6) is 0 Å². The molecule has 1 aromatic heterocycles. The second kappa shape index (κ2) is 8.51. The molecule has 8 heteroatoms. The van der Waals surface area contributed by atoms with E-state index in [0.29, 0.717) is 13.1 Å². The zero-order valence-corrected chi connectivity index (χ0v) is 15.0. The fourth-order valence-electron chi connectivity index (χ4n) is 2.56. The lowest BCUT2D eigenvalue weighted by atomic mass is 10.2. The number of anilines is 2. The Morgan fingerprint density at radius 1 is 1.00 bits per heavy atom. The molecule has 0 saturated heterocycles. The van der Waals surface area contributed by atoms with Crippen LogP contribution in [0, 0.1) is 17.5 Å². The van der Waals surface area contributed by atoms with Crippen molar-refractivity contribution in [2.45, 2.75) is 13.5 Å². The van der Waals surface area contributed by atoms with Gasteiger partial charge in [0.2, 0.25) is 0 Å². The maximum absolute atomic E-state index is 13.7. The van der Waals surface area contributed by atoms with Crippen molar-refractivity contribution >= 4 is 17.4 Å². The van der Waals surface area contributed by atoms with Crippen molar-refractivity contribution in [2.75, 3.05) is 11.9 Å². The zero-order chi connectivity index (χ0) is 20.1. The summed E-state index contributed by atoms with van der Waals surface area (Å²) in [4.78, 5) is 22.3. The van der Waals surface area contributed by atoms with Crippen LogP contribution in [0.2, 0.25) is 0 Å². The van der Waals surface area contributed by atoms with Gasteiger partial charge in [-0.2, -0.15) is 0 Å². The molecule has 5 nitrogen and oxygen atoms in total. The molecule has 0 aliphatic heterocycles. The van der Waals surface area contributed by atoms with E-state index in [1.807, 2.05) is 37.3 Å². The molecule has 1 heterocycles. The summed E-state index contributed by atoms with van der Waals surface area (Å²) < 4.78 is 40.0. The Labute approximate surface area is 159 Å². The number of benzene rings is 2. The number of rotatable bonds is 6. The van der Waals surface area contributed by atoms with Crippen LogP contribution < -0.4 is 5.32 Å². The molecule has 0 aliphatic rings. The molecule has 0 aliphatic carbocycles. The molecule has 0 atom stereocenters. The van der Waals surface area contributed by atoms with Crippen molar-refractivity contribution in [2.24, 2.45) is 0 Å². The summed E-state index contributed by atoms with van der Waals surface area (Å²) in [6.45, 7) is 2.77. The highest BCUT2D eigenvalue weighted by Gasteiger charge is 2.17. The SMILES string of the molecule is CCN(Cc1ccccc1)C(=O)c1cnc(Nc2ccc(F)c(F)c2F)cn1. The standard InChI is InChI=1S/C20H17F3N4O/c1-2-27(12-13-6-4-3-5-7-13)20(28)16-10-25-17(11-24-16)26-15-9-8-14(21)18(22)19(15)23/h3-11H,2,12H2,1H3,(H,25,26). The van der Waals surface area contributed by atoms with Gasteiger partial charge in [-0.3, -0.25) is 4.79 Å². The molecule has 2 aromatic carbocycles. The van der Waals surface area contributed by atoms with Crippen LogP contribution in [0.4, 0.5) is 24.7 Å². The Morgan fingerprint density at radius 2 is 1.75 bits per heavy atom. The lowest BCUT2D eigenvalue weighted by molar-refractivity contribution is 0.0746. The number of amides is 1. The summed E-state index contributed by atoms with van der Waals surface area (Å²) in [7, 11) is 0. The summed E-state index contributed by atoms with van der Waals surface area (Å²) >= 11 is 0. The number of nitrogens with zero attached hydrogens (tertiary/aromatic N) is 3. The van der Waals surface area contributed by atoms with E-state index in [0.717, 1.165) is 17.7 Å². The molecule has 1 amide bonds. The zero-order valence-electron chi connectivity index (χ0n) is 15.0. The first-order chi connectivity index (χ1) is 13.5. The molecule has 0 spiro atoms. The van der Waals surface area contributed by atoms with Crippen molar-refractivity contribution in [1.29, 1.82) is 0 Å². The van der Waals surface area contributed by atoms with E-state index in [1.54, 1.807) is 4.90 Å². The summed E-state index contributed by atoms with van der Waals surface area (Å²) in [6.07, 6.45) is 2.47. The minimum Gasteiger partial charge on any atom is -0.336 e. The van der Waals surface area contributed by atoms with Crippen LogP contribution in [0.3, 0.4) is 0 Å². The van der Waals surface area contributed by atoms with Gasteiger partial charge in [-0.25, -0.2) is 23.1 Å². The van der Waals surface area contributed by atoms with Gasteiger partial charge in [-0.1, -0.05) is 30.3 Å². The second-order valence-electron chi connectivity index (χ2n) is 5.94. The van der Waals surface area contributed by atoms with Gasteiger partial charge in [-0.15, -0.1) is 0 Å². The van der Waals surface area contributed by atoms with Crippen molar-refractivity contribution < 1.29 is 18.0 Å². The van der Waals surface area contributed by atoms with Gasteiger partial charge in [0, 0.05) is 13.1 Å². The monoisotopic (exact) mass is 386 g/mol. The topological polar surface area (TPSA) is 58.1 Å². The summed E-state index contributed by atoms with van der Waals surface area (Å²) in [5.41, 5.74) is 0.818. The van der Waals surface area contributed by atoms with Crippen molar-refractivity contribution in [3.05, 3.63) is 83.6 Å².